The van der Waals surface area contributed by atoms with E-state index in [4.69, 9.17) is 0 Å². The molecule has 1 aromatic heterocycles. The van der Waals surface area contributed by atoms with Gasteiger partial charge in [-0.05, 0) is 57.1 Å². The predicted molar refractivity (Wildman–Crippen MR) is 114 cm³/mol. The van der Waals surface area contributed by atoms with E-state index in [1.807, 2.05) is 22.8 Å². The van der Waals surface area contributed by atoms with Crippen LogP contribution in [0.1, 0.15) is 66.6 Å². The fraction of sp³-hybridized carbons (Fsp3) is 0.682. The molecule has 2 saturated heterocycles. The highest BCUT2D eigenvalue weighted by Crippen LogP contribution is 2.33. The van der Waals surface area contributed by atoms with Crippen LogP contribution >= 0.6 is 11.3 Å². The maximum Gasteiger partial charge on any atom is 0.264 e. The topological polar surface area (TPSA) is 69.7 Å². The molecule has 1 aliphatic carbocycles. The molecule has 0 atom stereocenters. The summed E-state index contributed by atoms with van der Waals surface area (Å²) in [4.78, 5) is 42.5. The maximum atomic E-state index is 13.0. The number of aryl methyl sites for hydroxylation is 1. The van der Waals surface area contributed by atoms with Crippen LogP contribution in [0, 0.1) is 18.8 Å². The summed E-state index contributed by atoms with van der Waals surface area (Å²) in [6, 6.07) is 1.90. The second-order valence-corrected chi connectivity index (χ2v) is 9.74. The standard InChI is InChI=1S/C22H31N3O3S/c1-15-14-18(23-20(26)16-6-7-16)29-19(15)22(28)25-12-8-17(9-13-25)21(27)24-10-4-2-3-5-11-24/h14,16-17H,2-13H2,1H3,(H,23,26). The van der Waals surface area contributed by atoms with Crippen molar-refractivity contribution in [1.82, 2.24) is 9.80 Å². The molecular formula is C22H31N3O3S. The molecule has 0 radical (unpaired) electrons. The lowest BCUT2D eigenvalue weighted by atomic mass is 9.95. The molecule has 4 rings (SSSR count). The van der Waals surface area contributed by atoms with E-state index in [2.05, 4.69) is 5.32 Å². The number of carbonyl (C=O) groups is 3. The number of likely N-dealkylation sites (tertiary alicyclic amines) is 2. The first-order chi connectivity index (χ1) is 14.0. The van der Waals surface area contributed by atoms with Gasteiger partial charge in [0.05, 0.1) is 9.88 Å². The number of nitrogens with one attached hydrogen (secondary N) is 1. The van der Waals surface area contributed by atoms with Crippen LogP contribution in [0.5, 0.6) is 0 Å². The van der Waals surface area contributed by atoms with Crippen LogP contribution in [0.15, 0.2) is 6.07 Å². The first-order valence-corrected chi connectivity index (χ1v) is 11.8. The number of nitrogens with zero attached hydrogens (tertiary/aromatic N) is 2. The Bertz CT molecular complexity index is 770. The Morgan fingerprint density at radius 3 is 2.17 bits per heavy atom. The number of piperidine rings is 1. The Morgan fingerprint density at radius 1 is 0.897 bits per heavy atom. The molecule has 1 N–H and O–H groups in total. The van der Waals surface area contributed by atoms with Crippen molar-refractivity contribution in [1.29, 1.82) is 0 Å². The molecule has 29 heavy (non-hydrogen) atoms. The van der Waals surface area contributed by atoms with Gasteiger partial charge in [-0.15, -0.1) is 11.3 Å². The molecule has 3 amide bonds. The smallest absolute Gasteiger partial charge is 0.264 e. The van der Waals surface area contributed by atoms with Crippen LogP contribution < -0.4 is 5.32 Å². The summed E-state index contributed by atoms with van der Waals surface area (Å²) in [7, 11) is 0. The van der Waals surface area contributed by atoms with Gasteiger partial charge in [0.1, 0.15) is 0 Å². The van der Waals surface area contributed by atoms with E-state index < -0.39 is 0 Å². The van der Waals surface area contributed by atoms with E-state index in [0.717, 1.165) is 62.2 Å². The Labute approximate surface area is 176 Å². The van der Waals surface area contributed by atoms with Gasteiger partial charge in [-0.2, -0.15) is 0 Å². The zero-order chi connectivity index (χ0) is 20.4. The van der Waals surface area contributed by atoms with Gasteiger partial charge < -0.3 is 15.1 Å². The van der Waals surface area contributed by atoms with E-state index >= 15 is 0 Å². The molecule has 3 aliphatic rings. The van der Waals surface area contributed by atoms with Crippen molar-refractivity contribution in [3.8, 4) is 0 Å². The zero-order valence-electron chi connectivity index (χ0n) is 17.2. The van der Waals surface area contributed by atoms with Crippen LogP contribution in [0.25, 0.3) is 0 Å². The third-order valence-corrected chi connectivity index (χ3v) is 7.50. The second-order valence-electron chi connectivity index (χ2n) is 8.69. The van der Waals surface area contributed by atoms with Crippen LogP contribution in [-0.2, 0) is 9.59 Å². The average molecular weight is 418 g/mol. The predicted octanol–water partition coefficient (Wildman–Crippen LogP) is 3.66. The fourth-order valence-electron chi connectivity index (χ4n) is 4.35. The summed E-state index contributed by atoms with van der Waals surface area (Å²) >= 11 is 1.37. The minimum Gasteiger partial charge on any atom is -0.342 e. The van der Waals surface area contributed by atoms with Gasteiger partial charge in [0.25, 0.3) is 5.91 Å². The zero-order valence-corrected chi connectivity index (χ0v) is 18.1. The van der Waals surface area contributed by atoms with Gasteiger partial charge in [0.15, 0.2) is 0 Å². The number of rotatable bonds is 4. The van der Waals surface area contributed by atoms with E-state index in [1.54, 1.807) is 0 Å². The van der Waals surface area contributed by atoms with E-state index in [0.29, 0.717) is 18.0 Å². The lowest BCUT2D eigenvalue weighted by molar-refractivity contribution is -0.136. The van der Waals surface area contributed by atoms with E-state index in [-0.39, 0.29) is 29.6 Å². The second kappa shape index (κ2) is 8.86. The monoisotopic (exact) mass is 417 g/mol. The van der Waals surface area contributed by atoms with Crippen molar-refractivity contribution >= 4 is 34.1 Å². The molecule has 1 aromatic rings. The summed E-state index contributed by atoms with van der Waals surface area (Å²) in [5.41, 5.74) is 0.911. The number of anilines is 1. The largest absolute Gasteiger partial charge is 0.342 e. The van der Waals surface area contributed by atoms with Gasteiger partial charge >= 0.3 is 0 Å². The molecule has 3 heterocycles. The Balaban J connectivity index is 1.32. The molecule has 0 aromatic carbocycles. The minimum atomic E-state index is 0.0279. The molecule has 2 aliphatic heterocycles. The molecule has 0 spiro atoms. The van der Waals surface area contributed by atoms with Crippen molar-refractivity contribution in [2.75, 3.05) is 31.5 Å². The fourth-order valence-corrected chi connectivity index (χ4v) is 5.39. The number of thiophene rings is 1. The molecule has 6 nitrogen and oxygen atoms in total. The highest BCUT2D eigenvalue weighted by Gasteiger charge is 2.33. The van der Waals surface area contributed by atoms with Crippen LogP contribution in [0.3, 0.4) is 0 Å². The highest BCUT2D eigenvalue weighted by atomic mass is 32.1. The summed E-state index contributed by atoms with van der Waals surface area (Å²) < 4.78 is 0. The van der Waals surface area contributed by atoms with E-state index in [9.17, 15) is 14.4 Å². The van der Waals surface area contributed by atoms with Crippen molar-refractivity contribution in [2.45, 2.75) is 58.3 Å². The molecule has 3 fully saturated rings. The Kier molecular flexibility index (Phi) is 6.23. The molecule has 7 heteroatoms. The number of hydrogen-bond donors (Lipinski definition) is 1. The van der Waals surface area contributed by atoms with Gasteiger partial charge in [-0.1, -0.05) is 12.8 Å². The average Bonchev–Trinajstić information content (AvgIpc) is 3.54. The van der Waals surface area contributed by atoms with Crippen LogP contribution in [0.2, 0.25) is 0 Å². The Hall–Kier alpha value is -1.89. The van der Waals surface area contributed by atoms with Crippen LogP contribution in [-0.4, -0.2) is 53.7 Å². The summed E-state index contributed by atoms with van der Waals surface area (Å²) in [6.07, 6.45) is 8.09. The third-order valence-electron chi connectivity index (χ3n) is 6.36. The number of hydrogen-bond acceptors (Lipinski definition) is 4. The van der Waals surface area contributed by atoms with Crippen molar-refractivity contribution in [3.05, 3.63) is 16.5 Å². The molecular weight excluding hydrogens is 386 g/mol. The number of carbonyl (C=O) groups excluding carboxylic acids is 3. The first-order valence-electron chi connectivity index (χ1n) is 11.0. The number of amides is 3. The van der Waals surface area contributed by atoms with Gasteiger partial charge in [-0.25, -0.2) is 0 Å². The summed E-state index contributed by atoms with van der Waals surface area (Å²) in [5.74, 6) is 0.585. The van der Waals surface area contributed by atoms with Gasteiger partial charge in [-0.3, -0.25) is 14.4 Å². The normalized spacial score (nSPS) is 21.0. The molecule has 1 saturated carbocycles. The lowest BCUT2D eigenvalue weighted by Crippen LogP contribution is -2.44. The molecule has 0 bridgehead atoms. The maximum absolute atomic E-state index is 13.0. The van der Waals surface area contributed by atoms with Crippen LogP contribution in [0.4, 0.5) is 5.00 Å². The Morgan fingerprint density at radius 2 is 1.55 bits per heavy atom. The van der Waals surface area contributed by atoms with Gasteiger partial charge in [0.2, 0.25) is 11.8 Å². The highest BCUT2D eigenvalue weighted by molar-refractivity contribution is 7.18. The van der Waals surface area contributed by atoms with E-state index in [1.165, 1.54) is 24.2 Å². The van der Waals surface area contributed by atoms with Crippen molar-refractivity contribution in [2.24, 2.45) is 11.8 Å². The summed E-state index contributed by atoms with van der Waals surface area (Å²) in [6.45, 7) is 4.96. The molecule has 158 valence electrons. The molecule has 0 unspecified atom stereocenters. The lowest BCUT2D eigenvalue weighted by Gasteiger charge is -2.34. The van der Waals surface area contributed by atoms with Crippen molar-refractivity contribution < 1.29 is 14.4 Å². The SMILES string of the molecule is Cc1cc(NC(=O)C2CC2)sc1C(=O)N1CCC(C(=O)N2CCCCCC2)CC1. The van der Waals surface area contributed by atoms with Gasteiger partial charge in [0, 0.05) is 38.0 Å². The quantitative estimate of drug-likeness (QED) is 0.813. The van der Waals surface area contributed by atoms with Crippen molar-refractivity contribution in [3.63, 3.8) is 0 Å². The minimum absolute atomic E-state index is 0.0279. The summed E-state index contributed by atoms with van der Waals surface area (Å²) in [5, 5.41) is 3.70. The third kappa shape index (κ3) is 4.82. The first kappa shape index (κ1) is 20.4.